The van der Waals surface area contributed by atoms with Crippen LogP contribution in [0.5, 0.6) is 11.5 Å². The van der Waals surface area contributed by atoms with E-state index in [0.29, 0.717) is 6.54 Å². The average Bonchev–Trinajstić information content (AvgIpc) is 2.62. The Morgan fingerprint density at radius 2 is 1.68 bits per heavy atom. The van der Waals surface area contributed by atoms with E-state index in [-0.39, 0.29) is 11.6 Å². The molecule has 1 amide bonds. The third-order valence-electron chi connectivity index (χ3n) is 3.91. The Labute approximate surface area is 157 Å². The molecule has 5 nitrogen and oxygen atoms in total. The lowest BCUT2D eigenvalue weighted by atomic mass is 10.0. The van der Waals surface area contributed by atoms with Gasteiger partial charge in [0.15, 0.2) is 24.7 Å². The maximum absolute atomic E-state index is 12.4. The van der Waals surface area contributed by atoms with Crippen LogP contribution in [0.25, 0.3) is 0 Å². The SMILES string of the molecule is O=C(NCC1CCCCN1)c1ccc(OCC(F)(F)F)c(OCC(F)(F)F)c1. The van der Waals surface area contributed by atoms with Gasteiger partial charge in [0.25, 0.3) is 5.91 Å². The van der Waals surface area contributed by atoms with Gasteiger partial charge in [-0.1, -0.05) is 6.42 Å². The summed E-state index contributed by atoms with van der Waals surface area (Å²) >= 11 is 0. The van der Waals surface area contributed by atoms with E-state index in [4.69, 9.17) is 0 Å². The van der Waals surface area contributed by atoms with Crippen molar-refractivity contribution in [3.63, 3.8) is 0 Å². The number of rotatable bonds is 7. The molecular formula is C17H20F6N2O3. The van der Waals surface area contributed by atoms with Crippen molar-refractivity contribution >= 4 is 5.91 Å². The summed E-state index contributed by atoms with van der Waals surface area (Å²) in [7, 11) is 0. The maximum Gasteiger partial charge on any atom is 0.422 e. The van der Waals surface area contributed by atoms with Gasteiger partial charge in [-0.2, -0.15) is 26.3 Å². The normalized spacial score (nSPS) is 17.9. The van der Waals surface area contributed by atoms with Crippen LogP contribution in [0.1, 0.15) is 29.6 Å². The number of halogens is 6. The molecule has 1 atom stereocenters. The molecule has 1 heterocycles. The Bertz CT molecular complexity index is 657. The van der Waals surface area contributed by atoms with Crippen LogP contribution in [0.2, 0.25) is 0 Å². The highest BCUT2D eigenvalue weighted by Crippen LogP contribution is 2.31. The molecule has 1 aromatic rings. The summed E-state index contributed by atoms with van der Waals surface area (Å²) in [5, 5.41) is 5.87. The van der Waals surface area contributed by atoms with Gasteiger partial charge in [0.05, 0.1) is 0 Å². The van der Waals surface area contributed by atoms with Crippen molar-refractivity contribution in [1.29, 1.82) is 0 Å². The van der Waals surface area contributed by atoms with Crippen LogP contribution in [-0.2, 0) is 0 Å². The first kappa shape index (κ1) is 22.1. The van der Waals surface area contributed by atoms with Crippen LogP contribution in [-0.4, -0.2) is 50.6 Å². The fraction of sp³-hybridized carbons (Fsp3) is 0.588. The zero-order valence-electron chi connectivity index (χ0n) is 14.8. The lowest BCUT2D eigenvalue weighted by Gasteiger charge is -2.23. The molecule has 28 heavy (non-hydrogen) atoms. The first-order valence-electron chi connectivity index (χ1n) is 8.58. The number of benzene rings is 1. The molecular weight excluding hydrogens is 394 g/mol. The summed E-state index contributed by atoms with van der Waals surface area (Å²) in [5.41, 5.74) is -0.0488. The zero-order chi connectivity index (χ0) is 20.8. The number of hydrogen-bond acceptors (Lipinski definition) is 4. The molecule has 1 unspecified atom stereocenters. The summed E-state index contributed by atoms with van der Waals surface area (Å²) in [6.45, 7) is -2.27. The lowest BCUT2D eigenvalue weighted by molar-refractivity contribution is -0.158. The monoisotopic (exact) mass is 414 g/mol. The van der Waals surface area contributed by atoms with Gasteiger partial charge in [-0.3, -0.25) is 4.79 Å². The molecule has 0 saturated carbocycles. The number of ether oxygens (including phenoxy) is 2. The molecule has 1 saturated heterocycles. The highest BCUT2D eigenvalue weighted by Gasteiger charge is 2.31. The molecule has 2 N–H and O–H groups in total. The van der Waals surface area contributed by atoms with Gasteiger partial charge >= 0.3 is 12.4 Å². The van der Waals surface area contributed by atoms with Crippen LogP contribution in [0.3, 0.4) is 0 Å². The minimum absolute atomic E-state index is 0.0488. The number of carbonyl (C=O) groups excluding carboxylic acids is 1. The predicted molar refractivity (Wildman–Crippen MR) is 87.5 cm³/mol. The van der Waals surface area contributed by atoms with Gasteiger partial charge < -0.3 is 20.1 Å². The Morgan fingerprint density at radius 3 is 2.25 bits per heavy atom. The second-order valence-electron chi connectivity index (χ2n) is 6.33. The van der Waals surface area contributed by atoms with Gasteiger partial charge in [0.2, 0.25) is 0 Å². The smallest absolute Gasteiger partial charge is 0.422 e. The molecule has 0 spiro atoms. The number of amides is 1. The zero-order valence-corrected chi connectivity index (χ0v) is 14.8. The fourth-order valence-electron chi connectivity index (χ4n) is 2.62. The molecule has 11 heteroatoms. The molecule has 158 valence electrons. The average molecular weight is 414 g/mol. The van der Waals surface area contributed by atoms with Gasteiger partial charge in [-0.05, 0) is 37.6 Å². The number of alkyl halides is 6. The van der Waals surface area contributed by atoms with Gasteiger partial charge in [0, 0.05) is 18.2 Å². The largest absolute Gasteiger partial charge is 0.480 e. The quantitative estimate of drug-likeness (QED) is 0.672. The highest BCUT2D eigenvalue weighted by atomic mass is 19.4. The summed E-state index contributed by atoms with van der Waals surface area (Å²) in [6, 6.07) is 3.16. The molecule has 2 rings (SSSR count). The van der Waals surface area contributed by atoms with E-state index in [1.807, 2.05) is 0 Å². The molecule has 0 aromatic heterocycles. The molecule has 0 aliphatic carbocycles. The third-order valence-corrected chi connectivity index (χ3v) is 3.91. The van der Waals surface area contributed by atoms with E-state index in [0.717, 1.165) is 44.0 Å². The third kappa shape index (κ3) is 7.83. The summed E-state index contributed by atoms with van der Waals surface area (Å²) in [6.07, 6.45) is -6.43. The van der Waals surface area contributed by atoms with E-state index in [1.165, 1.54) is 0 Å². The van der Waals surface area contributed by atoms with Crippen LogP contribution in [0.4, 0.5) is 26.3 Å². The van der Waals surface area contributed by atoms with E-state index >= 15 is 0 Å². The predicted octanol–water partition coefficient (Wildman–Crippen LogP) is 3.44. The van der Waals surface area contributed by atoms with E-state index < -0.39 is 43.0 Å². The van der Waals surface area contributed by atoms with Crippen LogP contribution < -0.4 is 20.1 Å². The Balaban J connectivity index is 2.07. The van der Waals surface area contributed by atoms with E-state index in [2.05, 4.69) is 20.1 Å². The highest BCUT2D eigenvalue weighted by molar-refractivity contribution is 5.94. The maximum atomic E-state index is 12.4. The molecule has 0 bridgehead atoms. The van der Waals surface area contributed by atoms with Gasteiger partial charge in [-0.15, -0.1) is 0 Å². The fourth-order valence-corrected chi connectivity index (χ4v) is 2.62. The standard InChI is InChI=1S/C17H20F6N2O3/c18-16(19,20)9-27-13-5-4-11(7-14(13)28-10-17(21,22)23)15(26)25-8-12-3-1-2-6-24-12/h4-5,7,12,24H,1-3,6,8-10H2,(H,25,26). The van der Waals surface area contributed by atoms with Gasteiger partial charge in [-0.25, -0.2) is 0 Å². The van der Waals surface area contributed by atoms with Crippen molar-refractivity contribution in [2.24, 2.45) is 0 Å². The number of nitrogens with one attached hydrogen (secondary N) is 2. The second kappa shape index (κ2) is 9.35. The summed E-state index contributed by atoms with van der Waals surface area (Å²) < 4.78 is 83.2. The molecule has 1 aliphatic heterocycles. The first-order chi connectivity index (χ1) is 13.0. The van der Waals surface area contributed by atoms with Crippen molar-refractivity contribution in [3.05, 3.63) is 23.8 Å². The number of hydrogen-bond donors (Lipinski definition) is 2. The van der Waals surface area contributed by atoms with Crippen LogP contribution >= 0.6 is 0 Å². The number of piperidine rings is 1. The van der Waals surface area contributed by atoms with Crippen molar-refractivity contribution in [3.8, 4) is 11.5 Å². The van der Waals surface area contributed by atoms with Crippen LogP contribution in [0.15, 0.2) is 18.2 Å². The summed E-state index contributed by atoms with van der Waals surface area (Å²) in [5.74, 6) is -1.70. The topological polar surface area (TPSA) is 59.6 Å². The molecule has 1 aromatic carbocycles. The van der Waals surface area contributed by atoms with Crippen molar-refractivity contribution in [2.45, 2.75) is 37.7 Å². The summed E-state index contributed by atoms with van der Waals surface area (Å²) in [4.78, 5) is 12.2. The first-order valence-corrected chi connectivity index (χ1v) is 8.58. The Kier molecular flexibility index (Phi) is 7.39. The Hall–Kier alpha value is -2.17. The molecule has 1 aliphatic rings. The number of carbonyl (C=O) groups is 1. The lowest BCUT2D eigenvalue weighted by Crippen LogP contribution is -2.43. The molecule has 0 radical (unpaired) electrons. The van der Waals surface area contributed by atoms with E-state index in [9.17, 15) is 31.1 Å². The minimum Gasteiger partial charge on any atom is -0.480 e. The van der Waals surface area contributed by atoms with Crippen molar-refractivity contribution < 1.29 is 40.6 Å². The Morgan fingerprint density at radius 1 is 1.04 bits per heavy atom. The van der Waals surface area contributed by atoms with Crippen LogP contribution in [0, 0.1) is 0 Å². The second-order valence-corrected chi connectivity index (χ2v) is 6.33. The minimum atomic E-state index is -4.70. The van der Waals surface area contributed by atoms with Crippen molar-refractivity contribution in [2.75, 3.05) is 26.3 Å². The molecule has 1 fully saturated rings. The van der Waals surface area contributed by atoms with E-state index in [1.54, 1.807) is 0 Å². The van der Waals surface area contributed by atoms with Crippen molar-refractivity contribution in [1.82, 2.24) is 10.6 Å². The van der Waals surface area contributed by atoms with Gasteiger partial charge in [0.1, 0.15) is 0 Å².